The van der Waals surface area contributed by atoms with Gasteiger partial charge < -0.3 is 10.4 Å². The molecule has 6 nitrogen and oxygen atoms in total. The van der Waals surface area contributed by atoms with Crippen LogP contribution in [-0.4, -0.2) is 42.4 Å². The lowest BCUT2D eigenvalue weighted by molar-refractivity contribution is -0.136. The number of carbonyl (C=O) groups is 2. The lowest BCUT2D eigenvalue weighted by Crippen LogP contribution is -2.43. The van der Waals surface area contributed by atoms with Gasteiger partial charge in [-0.15, -0.1) is 0 Å². The molecule has 0 aliphatic rings. The molecule has 0 aliphatic carbocycles. The zero-order valence-electron chi connectivity index (χ0n) is 11.0. The van der Waals surface area contributed by atoms with Crippen LogP contribution in [0.3, 0.4) is 0 Å². The summed E-state index contributed by atoms with van der Waals surface area (Å²) in [6.07, 6.45) is 2.73. The highest BCUT2D eigenvalue weighted by atomic mass is 32.2. The van der Waals surface area contributed by atoms with Gasteiger partial charge in [0, 0.05) is 6.54 Å². The molecule has 0 saturated heterocycles. The standard InChI is InChI=1S/C11H21NO5S/c1-4-5-6-7-12-10(13)8(2)18(16,17)9(3)11(14)15/h8-9H,4-7H2,1-3H3,(H,12,13)(H,14,15). The van der Waals surface area contributed by atoms with Gasteiger partial charge in [-0.05, 0) is 20.3 Å². The van der Waals surface area contributed by atoms with Crippen molar-refractivity contribution in [3.8, 4) is 0 Å². The molecule has 0 fully saturated rings. The van der Waals surface area contributed by atoms with Gasteiger partial charge >= 0.3 is 5.97 Å². The molecule has 0 aromatic carbocycles. The van der Waals surface area contributed by atoms with Crippen LogP contribution in [0.2, 0.25) is 0 Å². The molecule has 0 aromatic rings. The van der Waals surface area contributed by atoms with Crippen molar-refractivity contribution in [3.05, 3.63) is 0 Å². The molecular formula is C11H21NO5S. The van der Waals surface area contributed by atoms with E-state index in [1.54, 1.807) is 0 Å². The summed E-state index contributed by atoms with van der Waals surface area (Å²) in [6.45, 7) is 4.71. The third-order valence-electron chi connectivity index (χ3n) is 2.78. The maximum atomic E-state index is 11.8. The normalized spacial score (nSPS) is 14.8. The predicted molar refractivity (Wildman–Crippen MR) is 68.0 cm³/mol. The molecule has 18 heavy (non-hydrogen) atoms. The van der Waals surface area contributed by atoms with Crippen LogP contribution in [0.5, 0.6) is 0 Å². The minimum Gasteiger partial charge on any atom is -0.480 e. The Kier molecular flexibility index (Phi) is 6.90. The Morgan fingerprint density at radius 1 is 1.17 bits per heavy atom. The number of carboxylic acid groups (broad SMARTS) is 1. The molecule has 0 bridgehead atoms. The second kappa shape index (κ2) is 7.35. The number of amides is 1. The van der Waals surface area contributed by atoms with E-state index < -0.39 is 32.2 Å². The minimum absolute atomic E-state index is 0.411. The van der Waals surface area contributed by atoms with Crippen LogP contribution in [0.15, 0.2) is 0 Å². The van der Waals surface area contributed by atoms with Gasteiger partial charge in [-0.3, -0.25) is 9.59 Å². The van der Waals surface area contributed by atoms with Crippen molar-refractivity contribution in [3.63, 3.8) is 0 Å². The van der Waals surface area contributed by atoms with Crippen molar-refractivity contribution >= 4 is 21.7 Å². The van der Waals surface area contributed by atoms with E-state index in [0.717, 1.165) is 26.2 Å². The van der Waals surface area contributed by atoms with Gasteiger partial charge in [0.25, 0.3) is 0 Å². The largest absolute Gasteiger partial charge is 0.480 e. The Labute approximate surface area is 108 Å². The second-order valence-corrected chi connectivity index (χ2v) is 6.80. The van der Waals surface area contributed by atoms with E-state index in [9.17, 15) is 18.0 Å². The number of hydrogen-bond acceptors (Lipinski definition) is 4. The molecule has 0 saturated carbocycles. The topological polar surface area (TPSA) is 101 Å². The highest BCUT2D eigenvalue weighted by molar-refractivity contribution is 7.94. The van der Waals surface area contributed by atoms with Gasteiger partial charge in [0.15, 0.2) is 15.1 Å². The lowest BCUT2D eigenvalue weighted by Gasteiger charge is -2.15. The molecule has 2 atom stereocenters. The Hall–Kier alpha value is -1.11. The molecule has 2 N–H and O–H groups in total. The van der Waals surface area contributed by atoms with Crippen LogP contribution in [0.4, 0.5) is 0 Å². The summed E-state index contributed by atoms with van der Waals surface area (Å²) in [6, 6.07) is 0. The monoisotopic (exact) mass is 279 g/mol. The molecule has 7 heteroatoms. The summed E-state index contributed by atoms with van der Waals surface area (Å²) in [5.74, 6) is -2.08. The number of hydrogen-bond donors (Lipinski definition) is 2. The van der Waals surface area contributed by atoms with Gasteiger partial charge in [-0.1, -0.05) is 19.8 Å². The van der Waals surface area contributed by atoms with Crippen molar-refractivity contribution in [1.82, 2.24) is 5.32 Å². The molecule has 2 unspecified atom stereocenters. The first-order chi connectivity index (χ1) is 8.25. The maximum absolute atomic E-state index is 11.8. The van der Waals surface area contributed by atoms with E-state index in [0.29, 0.717) is 6.54 Å². The molecule has 0 aromatic heterocycles. The summed E-state index contributed by atoms with van der Waals surface area (Å²) >= 11 is 0. The molecule has 0 radical (unpaired) electrons. The Morgan fingerprint density at radius 2 is 1.72 bits per heavy atom. The minimum atomic E-state index is -3.99. The third kappa shape index (κ3) is 4.64. The van der Waals surface area contributed by atoms with Crippen LogP contribution in [0, 0.1) is 0 Å². The van der Waals surface area contributed by atoms with E-state index in [4.69, 9.17) is 5.11 Å². The number of sulfone groups is 1. The summed E-state index contributed by atoms with van der Waals surface area (Å²) in [4.78, 5) is 22.3. The Balaban J connectivity index is 4.49. The van der Waals surface area contributed by atoms with Crippen molar-refractivity contribution in [1.29, 1.82) is 0 Å². The highest BCUT2D eigenvalue weighted by Gasteiger charge is 2.36. The quantitative estimate of drug-likeness (QED) is 0.633. The fourth-order valence-corrected chi connectivity index (χ4v) is 2.60. The SMILES string of the molecule is CCCCCNC(=O)C(C)S(=O)(=O)C(C)C(=O)O. The Morgan fingerprint density at radius 3 is 2.17 bits per heavy atom. The zero-order chi connectivity index (χ0) is 14.3. The van der Waals surface area contributed by atoms with Crippen LogP contribution in [-0.2, 0) is 19.4 Å². The van der Waals surface area contributed by atoms with Gasteiger partial charge in [0.2, 0.25) is 5.91 Å². The zero-order valence-corrected chi connectivity index (χ0v) is 11.8. The fraction of sp³-hybridized carbons (Fsp3) is 0.818. The first-order valence-electron chi connectivity index (χ1n) is 5.98. The average Bonchev–Trinajstić information content (AvgIpc) is 2.32. The van der Waals surface area contributed by atoms with Gasteiger partial charge in [0.05, 0.1) is 0 Å². The molecule has 1 amide bonds. The van der Waals surface area contributed by atoms with E-state index >= 15 is 0 Å². The first kappa shape index (κ1) is 16.9. The van der Waals surface area contributed by atoms with Crippen LogP contribution < -0.4 is 5.32 Å². The first-order valence-corrected chi connectivity index (χ1v) is 7.59. The third-order valence-corrected chi connectivity index (χ3v) is 5.17. The summed E-state index contributed by atoms with van der Waals surface area (Å²) < 4.78 is 23.5. The van der Waals surface area contributed by atoms with E-state index in [1.807, 2.05) is 6.92 Å². The van der Waals surface area contributed by atoms with Crippen molar-refractivity contribution in [2.75, 3.05) is 6.54 Å². The Bertz CT molecular complexity index is 390. The molecule has 0 heterocycles. The van der Waals surface area contributed by atoms with E-state index in [1.165, 1.54) is 6.92 Å². The fourth-order valence-electron chi connectivity index (χ4n) is 1.33. The lowest BCUT2D eigenvalue weighted by atomic mass is 10.2. The molecule has 0 rings (SSSR count). The maximum Gasteiger partial charge on any atom is 0.321 e. The molecule has 0 spiro atoms. The van der Waals surface area contributed by atoms with Crippen LogP contribution in [0.1, 0.15) is 40.0 Å². The van der Waals surface area contributed by atoms with Crippen molar-refractivity contribution < 1.29 is 23.1 Å². The van der Waals surface area contributed by atoms with Gasteiger partial charge in [-0.25, -0.2) is 8.42 Å². The highest BCUT2D eigenvalue weighted by Crippen LogP contribution is 2.10. The van der Waals surface area contributed by atoms with Crippen molar-refractivity contribution in [2.24, 2.45) is 0 Å². The summed E-state index contributed by atoms with van der Waals surface area (Å²) in [5.41, 5.74) is 0. The predicted octanol–water partition coefficient (Wildman–Crippen LogP) is 0.569. The van der Waals surface area contributed by atoms with Crippen LogP contribution >= 0.6 is 0 Å². The number of carbonyl (C=O) groups excluding carboxylic acids is 1. The number of carboxylic acids is 1. The molecule has 106 valence electrons. The smallest absolute Gasteiger partial charge is 0.321 e. The average molecular weight is 279 g/mol. The van der Waals surface area contributed by atoms with E-state index in [-0.39, 0.29) is 0 Å². The van der Waals surface area contributed by atoms with Gasteiger partial charge in [0.1, 0.15) is 5.25 Å². The summed E-state index contributed by atoms with van der Waals surface area (Å²) in [5, 5.41) is 8.27. The number of nitrogens with one attached hydrogen (secondary N) is 1. The number of aliphatic carboxylic acids is 1. The summed E-state index contributed by atoms with van der Waals surface area (Å²) in [7, 11) is -3.99. The molecular weight excluding hydrogens is 258 g/mol. The van der Waals surface area contributed by atoms with E-state index in [2.05, 4.69) is 5.32 Å². The molecule has 0 aliphatic heterocycles. The van der Waals surface area contributed by atoms with Crippen molar-refractivity contribution in [2.45, 2.75) is 50.5 Å². The number of rotatable bonds is 8. The second-order valence-electron chi connectivity index (χ2n) is 4.21. The number of unbranched alkanes of at least 4 members (excludes halogenated alkanes) is 2. The van der Waals surface area contributed by atoms with Crippen LogP contribution in [0.25, 0.3) is 0 Å². The van der Waals surface area contributed by atoms with Gasteiger partial charge in [-0.2, -0.15) is 0 Å².